The summed E-state index contributed by atoms with van der Waals surface area (Å²) in [6.07, 6.45) is 16.9. The zero-order valence-corrected chi connectivity index (χ0v) is 36.6. The number of nitrogens with zero attached hydrogens (tertiary/aromatic N) is 2. The topological polar surface area (TPSA) is 92.7 Å². The van der Waals surface area contributed by atoms with Crippen molar-refractivity contribution in [3.05, 3.63) is 36.5 Å². The van der Waals surface area contributed by atoms with Gasteiger partial charge in [0.25, 0.3) is 0 Å². The van der Waals surface area contributed by atoms with Gasteiger partial charge in [-0.1, -0.05) is 45.9 Å². The van der Waals surface area contributed by atoms with E-state index >= 15 is 0 Å². The molecule has 0 aliphatic carbocycles. The summed E-state index contributed by atoms with van der Waals surface area (Å²) in [5.41, 5.74) is 0.0602. The highest BCUT2D eigenvalue weighted by Gasteiger charge is 2.21. The standard InChI is InChI=1S/C41H80N3O6PS/c1-11-38(49-32-19-13-18-30-48-37(3)34-40(4,5)6)23-28-44(52-10)26-16-14-24-42-41(7,8)35-43(25-15-12-17-29-45)27-22-36(2)47-31-20-21-33-50-39(46)51-9/h11,42,45,51H,2-3,12-35H2,1,4-10H3. The third-order valence-corrected chi connectivity index (χ3v) is 9.91. The van der Waals surface area contributed by atoms with E-state index in [0.717, 1.165) is 153 Å². The summed E-state index contributed by atoms with van der Waals surface area (Å²) in [5, 5.41) is 13.0. The smallest absolute Gasteiger partial charge is 0.322 e. The van der Waals surface area contributed by atoms with Crippen molar-refractivity contribution in [2.45, 2.75) is 131 Å². The molecular formula is C41H80N3O6PS. The van der Waals surface area contributed by atoms with Crippen LogP contribution in [-0.2, 0) is 18.9 Å². The Hall–Kier alpha value is -1.29. The number of carbonyl (C=O) groups excluding carboxylic acids is 1. The van der Waals surface area contributed by atoms with Crippen LogP contribution in [0.2, 0.25) is 0 Å². The molecule has 0 aromatic heterocycles. The third kappa shape index (κ3) is 32.2. The van der Waals surface area contributed by atoms with Crippen LogP contribution in [0.25, 0.3) is 0 Å². The molecule has 0 aliphatic rings. The Labute approximate surface area is 326 Å². The predicted octanol–water partition coefficient (Wildman–Crippen LogP) is 9.77. The predicted molar refractivity (Wildman–Crippen MR) is 226 cm³/mol. The lowest BCUT2D eigenvalue weighted by atomic mass is 9.92. The lowest BCUT2D eigenvalue weighted by molar-refractivity contribution is 0.151. The molecular weight excluding hydrogens is 694 g/mol. The highest BCUT2D eigenvalue weighted by atomic mass is 32.2. The van der Waals surface area contributed by atoms with E-state index < -0.39 is 0 Å². The molecule has 2 N–H and O–H groups in total. The Kier molecular flexibility index (Phi) is 31.2. The molecule has 0 saturated heterocycles. The summed E-state index contributed by atoms with van der Waals surface area (Å²) < 4.78 is 25.4. The number of rotatable bonds is 36. The molecule has 306 valence electrons. The Balaban J connectivity index is 4.39. The van der Waals surface area contributed by atoms with Gasteiger partial charge in [-0.25, -0.2) is 4.79 Å². The lowest BCUT2D eigenvalue weighted by Crippen LogP contribution is -2.50. The molecule has 0 fully saturated rings. The Morgan fingerprint density at radius 1 is 0.769 bits per heavy atom. The number of nitrogens with one attached hydrogen (secondary N) is 1. The van der Waals surface area contributed by atoms with E-state index in [1.165, 1.54) is 0 Å². The summed E-state index contributed by atoms with van der Waals surface area (Å²) in [4.78, 5) is 13.8. The quantitative estimate of drug-likeness (QED) is 0.0278. The van der Waals surface area contributed by atoms with Gasteiger partial charge in [-0.15, -0.1) is 0 Å². The molecule has 0 amide bonds. The zero-order chi connectivity index (χ0) is 39.1. The average Bonchev–Trinajstić information content (AvgIpc) is 3.08. The first kappa shape index (κ1) is 50.7. The SMILES string of the molecule is C=C(CCN(CCCCCO)CC(C)(C)NCCCCN(CCC(=CC)OCCCCCOC(=C)CC(C)(C)C)SC)OCCCCOC(=O)PC. The van der Waals surface area contributed by atoms with E-state index in [0.29, 0.717) is 13.2 Å². The molecule has 11 heteroatoms. The van der Waals surface area contributed by atoms with Crippen molar-refractivity contribution in [1.29, 1.82) is 0 Å². The summed E-state index contributed by atoms with van der Waals surface area (Å²) in [5.74, 6) is 2.78. The van der Waals surface area contributed by atoms with Crippen LogP contribution < -0.4 is 5.32 Å². The van der Waals surface area contributed by atoms with Crippen molar-refractivity contribution in [2.24, 2.45) is 5.41 Å². The minimum absolute atomic E-state index is 0.0269. The van der Waals surface area contributed by atoms with Crippen molar-refractivity contribution in [1.82, 2.24) is 14.5 Å². The molecule has 1 atom stereocenters. The third-order valence-electron chi connectivity index (χ3n) is 8.48. The molecule has 0 aromatic rings. The van der Waals surface area contributed by atoms with E-state index in [2.05, 4.69) is 81.6 Å². The number of carbonyl (C=O) groups is 1. The number of aliphatic hydroxyl groups excluding tert-OH is 1. The maximum absolute atomic E-state index is 11.3. The van der Waals surface area contributed by atoms with Crippen LogP contribution in [0, 0.1) is 5.41 Å². The Morgan fingerprint density at radius 2 is 1.37 bits per heavy atom. The van der Waals surface area contributed by atoms with Gasteiger partial charge in [-0.05, 0) is 131 Å². The fraction of sp³-hybridized carbons (Fsp3) is 0.829. The highest BCUT2D eigenvalue weighted by molar-refractivity contribution is 7.96. The van der Waals surface area contributed by atoms with Crippen LogP contribution in [0.4, 0.5) is 4.79 Å². The number of unbranched alkanes of at least 4 members (excludes halogenated alkanes) is 6. The molecule has 0 spiro atoms. The molecule has 0 aliphatic heterocycles. The van der Waals surface area contributed by atoms with Gasteiger partial charge >= 0.3 is 5.71 Å². The van der Waals surface area contributed by atoms with E-state index in [9.17, 15) is 9.90 Å². The number of allylic oxidation sites excluding steroid dienone is 2. The van der Waals surface area contributed by atoms with E-state index in [-0.39, 0.29) is 31.9 Å². The Morgan fingerprint density at radius 3 is 1.98 bits per heavy atom. The van der Waals surface area contributed by atoms with Crippen LogP contribution in [0.3, 0.4) is 0 Å². The summed E-state index contributed by atoms with van der Waals surface area (Å²) in [7, 11) is 0.187. The molecule has 0 radical (unpaired) electrons. The van der Waals surface area contributed by atoms with Crippen molar-refractivity contribution >= 4 is 26.2 Å². The first-order chi connectivity index (χ1) is 24.7. The second-order valence-electron chi connectivity index (χ2n) is 15.5. The largest absolute Gasteiger partial charge is 0.499 e. The van der Waals surface area contributed by atoms with Crippen molar-refractivity contribution in [3.63, 3.8) is 0 Å². The molecule has 0 aromatic carbocycles. The van der Waals surface area contributed by atoms with Crippen LogP contribution in [0.15, 0.2) is 36.5 Å². The van der Waals surface area contributed by atoms with Crippen LogP contribution in [0.1, 0.15) is 125 Å². The molecule has 52 heavy (non-hydrogen) atoms. The summed E-state index contributed by atoms with van der Waals surface area (Å²) >= 11 is 1.82. The minimum Gasteiger partial charge on any atom is -0.499 e. The van der Waals surface area contributed by atoms with Gasteiger partial charge in [-0.2, -0.15) is 0 Å². The van der Waals surface area contributed by atoms with Crippen molar-refractivity contribution in [2.75, 3.05) is 85.2 Å². The second-order valence-corrected chi connectivity index (χ2v) is 17.2. The molecule has 0 rings (SSSR count). The van der Waals surface area contributed by atoms with Gasteiger partial charge in [0.05, 0.1) is 43.7 Å². The molecule has 1 unspecified atom stereocenters. The number of aliphatic hydroxyl groups is 1. The highest BCUT2D eigenvalue weighted by Crippen LogP contribution is 2.23. The maximum Gasteiger partial charge on any atom is 0.322 e. The van der Waals surface area contributed by atoms with Crippen LogP contribution >= 0.6 is 20.5 Å². The minimum atomic E-state index is -0.126. The van der Waals surface area contributed by atoms with Crippen molar-refractivity contribution in [3.8, 4) is 0 Å². The lowest BCUT2D eigenvalue weighted by Gasteiger charge is -2.34. The number of ether oxygens (including phenoxy) is 4. The van der Waals surface area contributed by atoms with E-state index in [1.54, 1.807) is 0 Å². The monoisotopic (exact) mass is 774 g/mol. The molecule has 9 nitrogen and oxygen atoms in total. The molecule has 0 heterocycles. The number of hydrogen-bond acceptors (Lipinski definition) is 10. The zero-order valence-electron chi connectivity index (χ0n) is 34.8. The van der Waals surface area contributed by atoms with E-state index in [1.807, 2.05) is 18.6 Å². The van der Waals surface area contributed by atoms with Gasteiger partial charge < -0.3 is 34.3 Å². The van der Waals surface area contributed by atoms with Gasteiger partial charge in [0, 0.05) is 57.6 Å². The van der Waals surface area contributed by atoms with Gasteiger partial charge in [0.15, 0.2) is 0 Å². The van der Waals surface area contributed by atoms with Gasteiger partial charge in [0.2, 0.25) is 0 Å². The number of hydrogen-bond donors (Lipinski definition) is 2. The maximum atomic E-state index is 11.3. The summed E-state index contributed by atoms with van der Waals surface area (Å²) in [6.45, 7) is 31.9. The second kappa shape index (κ2) is 32.0. The average molecular weight is 774 g/mol. The molecule has 0 bridgehead atoms. The van der Waals surface area contributed by atoms with E-state index in [4.69, 9.17) is 18.9 Å². The first-order valence-corrected chi connectivity index (χ1v) is 22.5. The molecule has 0 saturated carbocycles. The first-order valence-electron chi connectivity index (χ1n) is 19.9. The van der Waals surface area contributed by atoms with Crippen molar-refractivity contribution < 1.29 is 28.8 Å². The normalized spacial score (nSPS) is 12.6. The van der Waals surface area contributed by atoms with Crippen LogP contribution in [0.5, 0.6) is 0 Å². The fourth-order valence-electron chi connectivity index (χ4n) is 5.63. The fourth-order valence-corrected chi connectivity index (χ4v) is 6.47. The summed E-state index contributed by atoms with van der Waals surface area (Å²) in [6, 6.07) is 0. The van der Waals surface area contributed by atoms with Crippen LogP contribution in [-0.4, -0.2) is 111 Å². The van der Waals surface area contributed by atoms with Gasteiger partial charge in [-0.3, -0.25) is 4.31 Å². The van der Waals surface area contributed by atoms with Gasteiger partial charge in [0.1, 0.15) is 0 Å². The Bertz CT molecular complexity index is 959.